The Morgan fingerprint density at radius 1 is 1.29 bits per heavy atom. The second kappa shape index (κ2) is 5.63. The van der Waals surface area contributed by atoms with E-state index >= 15 is 0 Å². The van der Waals surface area contributed by atoms with E-state index in [-0.39, 0.29) is 5.78 Å². The molecule has 0 heterocycles. The first-order valence-corrected chi connectivity index (χ1v) is 7.61. The molecule has 1 aliphatic carbocycles. The van der Waals surface area contributed by atoms with Gasteiger partial charge in [-0.1, -0.05) is 13.0 Å². The van der Waals surface area contributed by atoms with Crippen LogP contribution in [0.15, 0.2) is 22.6 Å². The van der Waals surface area contributed by atoms with Gasteiger partial charge in [0.2, 0.25) is 0 Å². The minimum Gasteiger partial charge on any atom is -0.295 e. The van der Waals surface area contributed by atoms with Crippen molar-refractivity contribution in [3.63, 3.8) is 0 Å². The third-order valence-corrected chi connectivity index (χ3v) is 5.32. The number of allylic oxidation sites excluding steroid dienone is 4. The maximum absolute atomic E-state index is 12.0. The molecule has 0 fully saturated rings. The van der Waals surface area contributed by atoms with Crippen LogP contribution in [-0.2, 0) is 14.6 Å². The van der Waals surface area contributed by atoms with Crippen LogP contribution in [0.2, 0.25) is 0 Å². The highest BCUT2D eigenvalue weighted by Crippen LogP contribution is 2.25. The van der Waals surface area contributed by atoms with Crippen LogP contribution in [0.4, 0.5) is 0 Å². The van der Waals surface area contributed by atoms with E-state index in [1.165, 1.54) is 0 Å². The molecule has 0 aromatic carbocycles. The fourth-order valence-electron chi connectivity index (χ4n) is 1.81. The minimum absolute atomic E-state index is 0.115. The van der Waals surface area contributed by atoms with Crippen LogP contribution in [0.25, 0.3) is 0 Å². The smallest absolute Gasteiger partial charge is 0.176 e. The average Bonchev–Trinajstić information content (AvgIpc) is 2.53. The van der Waals surface area contributed by atoms with Gasteiger partial charge in [-0.3, -0.25) is 4.79 Å². The van der Waals surface area contributed by atoms with Gasteiger partial charge in [-0.25, -0.2) is 8.42 Å². The maximum Gasteiger partial charge on any atom is 0.176 e. The van der Waals surface area contributed by atoms with Gasteiger partial charge in [-0.05, 0) is 44.8 Å². The van der Waals surface area contributed by atoms with Gasteiger partial charge in [-0.15, -0.1) is 0 Å². The summed E-state index contributed by atoms with van der Waals surface area (Å²) in [7, 11) is -3.17. The molecule has 0 radical (unpaired) electrons. The van der Waals surface area contributed by atoms with E-state index in [1.807, 2.05) is 6.92 Å². The summed E-state index contributed by atoms with van der Waals surface area (Å²) in [5.41, 5.74) is 0.751. The topological polar surface area (TPSA) is 51.2 Å². The van der Waals surface area contributed by atoms with Crippen molar-refractivity contribution in [1.29, 1.82) is 0 Å². The van der Waals surface area contributed by atoms with Crippen LogP contribution in [0.3, 0.4) is 0 Å². The van der Waals surface area contributed by atoms with Gasteiger partial charge in [0.15, 0.2) is 15.6 Å². The molecule has 0 aromatic rings. The van der Waals surface area contributed by atoms with Crippen molar-refractivity contribution in [2.24, 2.45) is 0 Å². The van der Waals surface area contributed by atoms with Gasteiger partial charge >= 0.3 is 0 Å². The van der Waals surface area contributed by atoms with Crippen molar-refractivity contribution in [1.82, 2.24) is 0 Å². The van der Waals surface area contributed by atoms with Gasteiger partial charge < -0.3 is 0 Å². The molecule has 0 bridgehead atoms. The first kappa shape index (κ1) is 14.2. The zero-order valence-electron chi connectivity index (χ0n) is 10.7. The number of sulfone groups is 1. The fraction of sp³-hybridized carbons (Fsp3) is 0.615. The van der Waals surface area contributed by atoms with Gasteiger partial charge in [-0.2, -0.15) is 0 Å². The SMILES string of the molecule is CCC(=O)C1=CC=C(S(=O)(=O)C(C)C)CCC1. The van der Waals surface area contributed by atoms with Crippen molar-refractivity contribution < 1.29 is 13.2 Å². The number of hydrogen-bond donors (Lipinski definition) is 0. The molecular formula is C13H20O3S. The summed E-state index contributed by atoms with van der Waals surface area (Å²) in [4.78, 5) is 12.0. The summed E-state index contributed by atoms with van der Waals surface area (Å²) < 4.78 is 24.0. The number of Topliss-reactive ketones (excluding diaryl/α,β-unsaturated/α-hetero) is 1. The lowest BCUT2D eigenvalue weighted by molar-refractivity contribution is -0.115. The quantitative estimate of drug-likeness (QED) is 0.777. The van der Waals surface area contributed by atoms with Crippen LogP contribution in [0.5, 0.6) is 0 Å². The molecule has 1 aliphatic rings. The first-order chi connectivity index (χ1) is 7.89. The van der Waals surface area contributed by atoms with Gasteiger partial charge in [0.25, 0.3) is 0 Å². The van der Waals surface area contributed by atoms with Crippen molar-refractivity contribution in [2.45, 2.75) is 51.7 Å². The number of carbonyl (C=O) groups excluding carboxylic acids is 1. The Bertz CT molecular complexity index is 453. The zero-order chi connectivity index (χ0) is 13.1. The molecule has 0 amide bonds. The van der Waals surface area contributed by atoms with Crippen molar-refractivity contribution >= 4 is 15.6 Å². The molecule has 17 heavy (non-hydrogen) atoms. The maximum atomic E-state index is 12.0. The molecule has 0 aromatic heterocycles. The molecule has 0 atom stereocenters. The van der Waals surface area contributed by atoms with Crippen LogP contribution in [0, 0.1) is 0 Å². The third-order valence-electron chi connectivity index (χ3n) is 3.01. The van der Waals surface area contributed by atoms with Gasteiger partial charge in [0.05, 0.1) is 5.25 Å². The Morgan fingerprint density at radius 2 is 1.94 bits per heavy atom. The Hall–Kier alpha value is -0.900. The normalized spacial score (nSPS) is 17.4. The molecule has 0 aliphatic heterocycles. The van der Waals surface area contributed by atoms with Crippen molar-refractivity contribution in [2.75, 3.05) is 0 Å². The highest BCUT2D eigenvalue weighted by molar-refractivity contribution is 7.95. The van der Waals surface area contributed by atoms with E-state index in [0.717, 1.165) is 12.0 Å². The summed E-state index contributed by atoms with van der Waals surface area (Å²) in [6.45, 7) is 5.19. The summed E-state index contributed by atoms with van der Waals surface area (Å²) in [5, 5.41) is -0.398. The molecule has 1 rings (SSSR count). The Kier molecular flexibility index (Phi) is 4.69. The van der Waals surface area contributed by atoms with E-state index in [2.05, 4.69) is 0 Å². The van der Waals surface area contributed by atoms with Crippen LogP contribution in [-0.4, -0.2) is 19.5 Å². The second-order valence-corrected chi connectivity index (χ2v) is 7.11. The molecule has 0 saturated heterocycles. The van der Waals surface area contributed by atoms with Gasteiger partial charge in [0, 0.05) is 11.3 Å². The summed E-state index contributed by atoms with van der Waals surface area (Å²) in [6, 6.07) is 0. The highest BCUT2D eigenvalue weighted by atomic mass is 32.2. The first-order valence-electron chi connectivity index (χ1n) is 6.06. The number of carbonyl (C=O) groups is 1. The second-order valence-electron chi connectivity index (χ2n) is 4.55. The molecule has 96 valence electrons. The monoisotopic (exact) mass is 256 g/mol. The predicted molar refractivity (Wildman–Crippen MR) is 69.4 cm³/mol. The summed E-state index contributed by atoms with van der Waals surface area (Å²) in [5.74, 6) is 0.115. The molecule has 3 nitrogen and oxygen atoms in total. The number of ketones is 1. The zero-order valence-corrected chi connectivity index (χ0v) is 11.5. The van der Waals surface area contributed by atoms with Crippen molar-refractivity contribution in [3.8, 4) is 0 Å². The molecule has 0 N–H and O–H groups in total. The van der Waals surface area contributed by atoms with Crippen LogP contribution in [0.1, 0.15) is 46.5 Å². The van der Waals surface area contributed by atoms with E-state index in [1.54, 1.807) is 26.0 Å². The standard InChI is InChI=1S/C13H20O3S/c1-4-13(14)11-6-5-7-12(9-8-11)17(15,16)10(2)3/h8-10H,4-7H2,1-3H3. The van der Waals surface area contributed by atoms with Gasteiger partial charge in [0.1, 0.15) is 0 Å². The Balaban J connectivity index is 3.02. The predicted octanol–water partition coefficient (Wildman–Crippen LogP) is 2.78. The Labute approximate surface area is 104 Å². The summed E-state index contributed by atoms with van der Waals surface area (Å²) in [6.07, 6.45) is 5.73. The van der Waals surface area contributed by atoms with E-state index in [9.17, 15) is 13.2 Å². The minimum atomic E-state index is -3.17. The molecule has 4 heteroatoms. The molecular weight excluding hydrogens is 236 g/mol. The van der Waals surface area contributed by atoms with E-state index in [4.69, 9.17) is 0 Å². The largest absolute Gasteiger partial charge is 0.295 e. The third kappa shape index (κ3) is 3.28. The molecule has 0 saturated carbocycles. The number of rotatable bonds is 4. The molecule has 0 unspecified atom stereocenters. The Morgan fingerprint density at radius 3 is 2.47 bits per heavy atom. The average molecular weight is 256 g/mol. The lowest BCUT2D eigenvalue weighted by Crippen LogP contribution is -2.15. The summed E-state index contributed by atoms with van der Waals surface area (Å²) >= 11 is 0. The lowest BCUT2D eigenvalue weighted by Gasteiger charge is -2.10. The van der Waals surface area contributed by atoms with E-state index in [0.29, 0.717) is 24.2 Å². The number of hydrogen-bond acceptors (Lipinski definition) is 3. The van der Waals surface area contributed by atoms with E-state index < -0.39 is 15.1 Å². The highest BCUT2D eigenvalue weighted by Gasteiger charge is 2.23. The van der Waals surface area contributed by atoms with Crippen LogP contribution < -0.4 is 0 Å². The van der Waals surface area contributed by atoms with Crippen molar-refractivity contribution in [3.05, 3.63) is 22.6 Å². The van der Waals surface area contributed by atoms with Crippen LogP contribution >= 0.6 is 0 Å². The fourth-order valence-corrected chi connectivity index (χ4v) is 3.10. The molecule has 0 spiro atoms. The lowest BCUT2D eigenvalue weighted by atomic mass is 10.0.